The molecule has 10 atom stereocenters. The van der Waals surface area contributed by atoms with Gasteiger partial charge in [-0.25, -0.2) is 9.59 Å². The van der Waals surface area contributed by atoms with Crippen LogP contribution in [0.4, 0.5) is 0 Å². The Morgan fingerprint density at radius 3 is 1.77 bits per heavy atom. The van der Waals surface area contributed by atoms with Crippen molar-refractivity contribution in [1.82, 2.24) is 0 Å². The van der Waals surface area contributed by atoms with Crippen LogP contribution in [0, 0.1) is 22.7 Å². The monoisotopic (exact) mass is 508 g/mol. The second kappa shape index (κ2) is 7.87. The smallest absolute Gasteiger partial charge is 0.338 e. The molecule has 184 valence electrons. The number of hydrogen-bond donors (Lipinski definition) is 0. The van der Waals surface area contributed by atoms with E-state index in [1.807, 2.05) is 36.4 Å². The molecule has 2 aromatic rings. The summed E-state index contributed by atoms with van der Waals surface area (Å²) in [7, 11) is 4.11. The fraction of sp³-hybridized carbons (Fsp3) is 0.517. The van der Waals surface area contributed by atoms with Crippen LogP contribution in [-0.2, 0) is 9.47 Å². The molecule has 0 heterocycles. The number of carbonyl (C=O) groups excluding carboxylic acids is 2. The van der Waals surface area contributed by atoms with Crippen LogP contribution in [0.5, 0.6) is 0 Å². The molecule has 4 fully saturated rings. The summed E-state index contributed by atoms with van der Waals surface area (Å²) in [6.45, 7) is 6.97. The molecule has 0 radical (unpaired) electrons. The third kappa shape index (κ3) is 3.18. The van der Waals surface area contributed by atoms with Crippen LogP contribution in [0.25, 0.3) is 0 Å². The van der Waals surface area contributed by atoms with E-state index in [1.54, 1.807) is 24.3 Å². The summed E-state index contributed by atoms with van der Waals surface area (Å²) < 4.78 is 12.7. The summed E-state index contributed by atoms with van der Waals surface area (Å²) in [5.41, 5.74) is 0.604. The van der Waals surface area contributed by atoms with Gasteiger partial charge in [0.25, 0.3) is 0 Å². The van der Waals surface area contributed by atoms with Crippen molar-refractivity contribution >= 4 is 29.8 Å². The lowest BCUT2D eigenvalue weighted by Gasteiger charge is -2.54. The Bertz CT molecular complexity index is 1170. The number of fused-ring (bicyclic) bond motifs is 9. The fourth-order valence-corrected chi connectivity index (χ4v) is 12.0. The van der Waals surface area contributed by atoms with Crippen molar-refractivity contribution < 1.29 is 19.1 Å². The molecule has 6 heteroatoms. The summed E-state index contributed by atoms with van der Waals surface area (Å²) >= 11 is 0. The normalized spacial score (nSPS) is 43.0. The molecule has 9 unspecified atom stereocenters. The Morgan fingerprint density at radius 1 is 0.800 bits per heavy atom. The molecule has 4 saturated carbocycles. The Morgan fingerprint density at radius 2 is 1.29 bits per heavy atom. The van der Waals surface area contributed by atoms with E-state index in [1.165, 1.54) is 19.3 Å². The summed E-state index contributed by atoms with van der Waals surface area (Å²) in [5, 5.41) is 0.469. The molecule has 4 aliphatic rings. The minimum Gasteiger partial charge on any atom is -0.454 e. The molecular weight excluding hydrogens is 474 g/mol. The second-order valence-corrected chi connectivity index (χ2v) is 14.5. The van der Waals surface area contributed by atoms with Crippen molar-refractivity contribution in [2.45, 2.75) is 62.1 Å². The van der Waals surface area contributed by atoms with Crippen molar-refractivity contribution in [3.05, 3.63) is 71.8 Å². The van der Waals surface area contributed by atoms with E-state index in [2.05, 4.69) is 29.8 Å². The SMILES string of the molecule is CP[C@]12CCC(P)(C1)C1C2C2(C)CC1(C)C(OC(=O)c1ccccc1)C2OC(=O)c1ccccc1. The lowest BCUT2D eigenvalue weighted by molar-refractivity contribution is -0.133. The lowest BCUT2D eigenvalue weighted by atomic mass is 9.59. The van der Waals surface area contributed by atoms with Gasteiger partial charge >= 0.3 is 11.9 Å². The van der Waals surface area contributed by atoms with E-state index in [0.717, 1.165) is 15.0 Å². The first-order chi connectivity index (χ1) is 16.7. The van der Waals surface area contributed by atoms with Gasteiger partial charge in [0.2, 0.25) is 0 Å². The van der Waals surface area contributed by atoms with Crippen molar-refractivity contribution in [3.63, 3.8) is 0 Å². The quantitative estimate of drug-likeness (QED) is 0.284. The molecule has 0 N–H and O–H groups in total. The van der Waals surface area contributed by atoms with Gasteiger partial charge in [-0.2, -0.15) is 0 Å². The highest BCUT2D eigenvalue weighted by Gasteiger charge is 2.83. The van der Waals surface area contributed by atoms with Crippen LogP contribution in [0.3, 0.4) is 0 Å². The molecule has 4 aliphatic carbocycles. The number of benzene rings is 2. The van der Waals surface area contributed by atoms with Crippen LogP contribution in [0.1, 0.15) is 60.2 Å². The molecule has 0 aliphatic heterocycles. The molecule has 0 spiro atoms. The molecule has 0 saturated heterocycles. The Labute approximate surface area is 211 Å². The number of carbonyl (C=O) groups is 2. The fourth-order valence-electron chi connectivity index (χ4n) is 9.02. The molecule has 2 aromatic carbocycles. The zero-order valence-electron chi connectivity index (χ0n) is 20.6. The van der Waals surface area contributed by atoms with Gasteiger partial charge in [0.15, 0.2) is 0 Å². The number of hydrogen-bond acceptors (Lipinski definition) is 4. The highest BCUT2D eigenvalue weighted by atomic mass is 31.1. The molecular formula is C29H34O4P2. The van der Waals surface area contributed by atoms with Crippen molar-refractivity contribution in [2.75, 3.05) is 6.66 Å². The van der Waals surface area contributed by atoms with Crippen LogP contribution < -0.4 is 0 Å². The average molecular weight is 509 g/mol. The second-order valence-electron chi connectivity index (χ2n) is 11.8. The zero-order valence-corrected chi connectivity index (χ0v) is 22.8. The van der Waals surface area contributed by atoms with E-state index < -0.39 is 12.2 Å². The first kappa shape index (κ1) is 23.6. The molecule has 35 heavy (non-hydrogen) atoms. The largest absolute Gasteiger partial charge is 0.454 e. The predicted molar refractivity (Wildman–Crippen MR) is 142 cm³/mol. The maximum atomic E-state index is 13.3. The van der Waals surface area contributed by atoms with Crippen molar-refractivity contribution in [3.8, 4) is 0 Å². The summed E-state index contributed by atoms with van der Waals surface area (Å²) in [4.78, 5) is 26.6. The van der Waals surface area contributed by atoms with Crippen LogP contribution >= 0.6 is 17.8 Å². The van der Waals surface area contributed by atoms with Gasteiger partial charge in [-0.15, -0.1) is 17.8 Å². The minimum atomic E-state index is -0.469. The number of ether oxygens (including phenoxy) is 2. The topological polar surface area (TPSA) is 52.6 Å². The van der Waals surface area contributed by atoms with E-state index in [4.69, 9.17) is 9.47 Å². The van der Waals surface area contributed by atoms with Crippen LogP contribution in [0.2, 0.25) is 0 Å². The summed E-state index contributed by atoms with van der Waals surface area (Å²) in [6.07, 6.45) is 3.64. The van der Waals surface area contributed by atoms with E-state index in [0.29, 0.717) is 28.1 Å². The third-order valence-electron chi connectivity index (χ3n) is 9.97. The molecule has 4 nitrogen and oxygen atoms in total. The zero-order chi connectivity index (χ0) is 24.6. The van der Waals surface area contributed by atoms with E-state index in [-0.39, 0.29) is 27.9 Å². The number of rotatable bonds is 5. The predicted octanol–water partition coefficient (Wildman–Crippen LogP) is 5.96. The van der Waals surface area contributed by atoms with Crippen molar-refractivity contribution in [1.29, 1.82) is 0 Å². The third-order valence-corrected chi connectivity index (χ3v) is 12.6. The maximum Gasteiger partial charge on any atom is 0.338 e. The van der Waals surface area contributed by atoms with Gasteiger partial charge in [0.05, 0.1) is 11.1 Å². The Balaban J connectivity index is 1.41. The first-order valence-corrected chi connectivity index (χ1v) is 14.7. The highest BCUT2D eigenvalue weighted by molar-refractivity contribution is 7.39. The van der Waals surface area contributed by atoms with Gasteiger partial charge in [-0.3, -0.25) is 0 Å². The van der Waals surface area contributed by atoms with Crippen LogP contribution in [0.15, 0.2) is 60.7 Å². The lowest BCUT2D eigenvalue weighted by Crippen LogP contribution is -2.59. The molecule has 0 aromatic heterocycles. The van der Waals surface area contributed by atoms with Gasteiger partial charge < -0.3 is 9.47 Å². The maximum absolute atomic E-state index is 13.3. The minimum absolute atomic E-state index is 0.173. The van der Waals surface area contributed by atoms with Gasteiger partial charge in [-0.05, 0) is 78.8 Å². The molecule has 6 rings (SSSR count). The summed E-state index contributed by atoms with van der Waals surface area (Å²) in [6, 6.07) is 18.3. The summed E-state index contributed by atoms with van der Waals surface area (Å²) in [5.74, 6) is 0.238. The average Bonchev–Trinajstić information content (AvgIpc) is 3.51. The van der Waals surface area contributed by atoms with Gasteiger partial charge in [-0.1, -0.05) is 50.2 Å². The van der Waals surface area contributed by atoms with Gasteiger partial charge in [0.1, 0.15) is 12.2 Å². The van der Waals surface area contributed by atoms with E-state index >= 15 is 0 Å². The van der Waals surface area contributed by atoms with Gasteiger partial charge in [0, 0.05) is 10.8 Å². The first-order valence-electron chi connectivity index (χ1n) is 12.7. The van der Waals surface area contributed by atoms with Crippen molar-refractivity contribution in [2.24, 2.45) is 22.7 Å². The van der Waals surface area contributed by atoms with E-state index in [9.17, 15) is 9.59 Å². The van der Waals surface area contributed by atoms with Crippen LogP contribution in [-0.4, -0.2) is 41.1 Å². The standard InChI is InChI=1S/C29H34O4P2/c1-26-16-27(2,21-20(26)28(34)14-15-29(21,17-28)35-3)23(33-25(31)19-12-8-5-9-13-19)22(26)32-24(30)18-10-6-4-7-11-18/h4-13,20-23,35H,14-17,34H2,1-3H3/t20?,21?,22?,23?,26?,27?,28?,29-/m1/s1. The Hall–Kier alpha value is -1.76. The molecule has 0 amide bonds. The number of esters is 2. The highest BCUT2D eigenvalue weighted by Crippen LogP contribution is 2.83. The molecule has 4 bridgehead atoms. The Kier molecular flexibility index (Phi) is 5.31.